The van der Waals surface area contributed by atoms with E-state index < -0.39 is 34.4 Å². The van der Waals surface area contributed by atoms with Gasteiger partial charge in [-0.05, 0) is 37.6 Å². The van der Waals surface area contributed by atoms with Gasteiger partial charge in [0.05, 0.1) is 24.7 Å². The predicted octanol–water partition coefficient (Wildman–Crippen LogP) is 2.38. The van der Waals surface area contributed by atoms with Crippen LogP contribution in [0.4, 0.5) is 5.69 Å². The lowest BCUT2D eigenvalue weighted by molar-refractivity contribution is -0.122. The Morgan fingerprint density at radius 1 is 1.14 bits per heavy atom. The average Bonchev–Trinajstić information content (AvgIpc) is 3.06. The molecule has 0 N–H and O–H groups in total. The fourth-order valence-corrected chi connectivity index (χ4v) is 5.08. The van der Waals surface area contributed by atoms with E-state index in [2.05, 4.69) is 0 Å². The highest BCUT2D eigenvalue weighted by Crippen LogP contribution is 2.25. The van der Waals surface area contributed by atoms with Gasteiger partial charge < -0.3 is 14.4 Å². The highest BCUT2D eigenvalue weighted by molar-refractivity contribution is 7.91. The van der Waals surface area contributed by atoms with Crippen LogP contribution in [0.1, 0.15) is 22.3 Å². The summed E-state index contributed by atoms with van der Waals surface area (Å²) in [5.74, 6) is -0.860. The lowest BCUT2D eigenvalue weighted by Gasteiger charge is -2.28. The number of amides is 1. The normalized spacial score (nSPS) is 17.5. The lowest BCUT2D eigenvalue weighted by atomic mass is 10.1. The highest BCUT2D eigenvalue weighted by Gasteiger charge is 2.35. The molecule has 2 aromatic carbocycles. The fourth-order valence-electron chi connectivity index (χ4n) is 3.38. The van der Waals surface area contributed by atoms with Crippen LogP contribution in [0.25, 0.3) is 0 Å². The molecule has 0 radical (unpaired) electrons. The van der Waals surface area contributed by atoms with Crippen molar-refractivity contribution in [1.82, 2.24) is 0 Å². The van der Waals surface area contributed by atoms with Gasteiger partial charge in [0.1, 0.15) is 11.3 Å². The van der Waals surface area contributed by atoms with E-state index in [4.69, 9.17) is 9.47 Å². The Bertz CT molecular complexity index is 1000. The zero-order valence-electron chi connectivity index (χ0n) is 16.3. The summed E-state index contributed by atoms with van der Waals surface area (Å²) in [7, 11) is -1.74. The molecule has 1 heterocycles. The maximum atomic E-state index is 12.9. The molecule has 0 saturated carbocycles. The predicted molar refractivity (Wildman–Crippen MR) is 109 cm³/mol. The number of nitrogens with zero attached hydrogens (tertiary/aromatic N) is 1. The van der Waals surface area contributed by atoms with Crippen LogP contribution in [0, 0.1) is 6.92 Å². The van der Waals surface area contributed by atoms with Crippen LogP contribution in [0.3, 0.4) is 0 Å². The SMILES string of the molecule is COc1ccc(C)cc1C(=O)OCC(=O)N(c1ccccc1)[C@H]1CCS(=O)(=O)C1. The Kier molecular flexibility index (Phi) is 6.22. The fraction of sp³-hybridized carbons (Fsp3) is 0.333. The van der Waals surface area contributed by atoms with E-state index in [-0.39, 0.29) is 17.1 Å². The Morgan fingerprint density at radius 3 is 2.48 bits per heavy atom. The van der Waals surface area contributed by atoms with Gasteiger partial charge in [0, 0.05) is 5.69 Å². The molecule has 1 atom stereocenters. The lowest BCUT2D eigenvalue weighted by Crippen LogP contribution is -2.43. The molecule has 0 bridgehead atoms. The number of rotatable bonds is 6. The molecule has 1 aliphatic heterocycles. The third kappa shape index (κ3) is 4.95. The van der Waals surface area contributed by atoms with Crippen LogP contribution in [-0.4, -0.2) is 51.6 Å². The monoisotopic (exact) mass is 417 g/mol. The van der Waals surface area contributed by atoms with Gasteiger partial charge in [0.15, 0.2) is 16.4 Å². The zero-order valence-corrected chi connectivity index (χ0v) is 17.1. The number of sulfone groups is 1. The summed E-state index contributed by atoms with van der Waals surface area (Å²) in [6, 6.07) is 13.4. The smallest absolute Gasteiger partial charge is 0.342 e. The highest BCUT2D eigenvalue weighted by atomic mass is 32.2. The number of carbonyl (C=O) groups is 2. The van der Waals surface area contributed by atoms with Gasteiger partial charge in [0.25, 0.3) is 5.91 Å². The van der Waals surface area contributed by atoms with E-state index >= 15 is 0 Å². The summed E-state index contributed by atoms with van der Waals surface area (Å²) in [4.78, 5) is 26.8. The first-order valence-corrected chi connectivity index (χ1v) is 11.0. The van der Waals surface area contributed by atoms with Gasteiger partial charge in [0.2, 0.25) is 0 Å². The van der Waals surface area contributed by atoms with Crippen LogP contribution >= 0.6 is 0 Å². The number of hydrogen-bond acceptors (Lipinski definition) is 6. The molecule has 0 aliphatic carbocycles. The van der Waals surface area contributed by atoms with Gasteiger partial charge in [-0.2, -0.15) is 0 Å². The summed E-state index contributed by atoms with van der Waals surface area (Å²) < 4.78 is 34.3. The summed E-state index contributed by atoms with van der Waals surface area (Å²) in [6.45, 7) is 1.33. The van der Waals surface area contributed by atoms with E-state index in [9.17, 15) is 18.0 Å². The molecule has 8 heteroatoms. The van der Waals surface area contributed by atoms with Crippen molar-refractivity contribution in [3.05, 3.63) is 59.7 Å². The third-order valence-electron chi connectivity index (χ3n) is 4.78. The number of hydrogen-bond donors (Lipinski definition) is 0. The largest absolute Gasteiger partial charge is 0.496 e. The van der Waals surface area contributed by atoms with Crippen molar-refractivity contribution in [2.45, 2.75) is 19.4 Å². The number of carbonyl (C=O) groups excluding carboxylic acids is 2. The second-order valence-electron chi connectivity index (χ2n) is 6.94. The quantitative estimate of drug-likeness (QED) is 0.671. The standard InChI is InChI=1S/C21H23NO6S/c1-15-8-9-19(27-2)18(12-15)21(24)28-13-20(23)22(16-6-4-3-5-7-16)17-10-11-29(25,26)14-17/h3-9,12,17H,10-11,13-14H2,1-2H3/t17-/m0/s1. The molecule has 1 amide bonds. The summed E-state index contributed by atoms with van der Waals surface area (Å²) in [5.41, 5.74) is 1.66. The molecule has 29 heavy (non-hydrogen) atoms. The Hall–Kier alpha value is -2.87. The molecular formula is C21H23NO6S. The first kappa shape index (κ1) is 20.9. The van der Waals surface area contributed by atoms with Crippen LogP contribution in [-0.2, 0) is 19.4 Å². The topological polar surface area (TPSA) is 90.0 Å². The number of ether oxygens (including phenoxy) is 2. The second-order valence-corrected chi connectivity index (χ2v) is 9.16. The molecule has 3 rings (SSSR count). The number of esters is 1. The summed E-state index contributed by atoms with van der Waals surface area (Å²) >= 11 is 0. The average molecular weight is 417 g/mol. The van der Waals surface area contributed by atoms with E-state index in [1.165, 1.54) is 12.0 Å². The van der Waals surface area contributed by atoms with E-state index in [1.807, 2.05) is 13.0 Å². The Morgan fingerprint density at radius 2 is 1.86 bits per heavy atom. The second kappa shape index (κ2) is 8.65. The van der Waals surface area contributed by atoms with E-state index in [0.717, 1.165) is 5.56 Å². The molecule has 2 aromatic rings. The summed E-state index contributed by atoms with van der Waals surface area (Å²) in [5, 5.41) is 0. The minimum atomic E-state index is -3.19. The number of aryl methyl sites for hydroxylation is 1. The van der Waals surface area contributed by atoms with E-state index in [0.29, 0.717) is 17.9 Å². The molecule has 1 saturated heterocycles. The number of benzene rings is 2. The van der Waals surface area contributed by atoms with Crippen molar-refractivity contribution in [1.29, 1.82) is 0 Å². The maximum absolute atomic E-state index is 12.9. The first-order valence-electron chi connectivity index (χ1n) is 9.20. The van der Waals surface area contributed by atoms with Crippen molar-refractivity contribution in [2.75, 3.05) is 30.1 Å². The van der Waals surface area contributed by atoms with Crippen LogP contribution < -0.4 is 9.64 Å². The minimum absolute atomic E-state index is 0.0363. The molecule has 1 fully saturated rings. The zero-order chi connectivity index (χ0) is 21.0. The summed E-state index contributed by atoms with van der Waals surface area (Å²) in [6.07, 6.45) is 0.350. The third-order valence-corrected chi connectivity index (χ3v) is 6.53. The van der Waals surface area contributed by atoms with Gasteiger partial charge in [-0.1, -0.05) is 29.8 Å². The van der Waals surface area contributed by atoms with Crippen molar-refractivity contribution in [2.24, 2.45) is 0 Å². The first-order chi connectivity index (χ1) is 13.8. The molecule has 0 spiro atoms. The molecule has 7 nitrogen and oxygen atoms in total. The maximum Gasteiger partial charge on any atom is 0.342 e. The van der Waals surface area contributed by atoms with Crippen LogP contribution in [0.15, 0.2) is 48.5 Å². The molecule has 0 unspecified atom stereocenters. The number of anilines is 1. The molecular weight excluding hydrogens is 394 g/mol. The molecule has 0 aromatic heterocycles. The van der Waals surface area contributed by atoms with Crippen molar-refractivity contribution in [3.63, 3.8) is 0 Å². The van der Waals surface area contributed by atoms with E-state index in [1.54, 1.807) is 42.5 Å². The van der Waals surface area contributed by atoms with Crippen molar-refractivity contribution >= 4 is 27.4 Å². The Balaban J connectivity index is 1.77. The number of para-hydroxylation sites is 1. The van der Waals surface area contributed by atoms with Crippen LogP contribution in [0.5, 0.6) is 5.75 Å². The molecule has 1 aliphatic rings. The van der Waals surface area contributed by atoms with Gasteiger partial charge in [-0.15, -0.1) is 0 Å². The van der Waals surface area contributed by atoms with Crippen molar-refractivity contribution < 1.29 is 27.5 Å². The molecule has 154 valence electrons. The van der Waals surface area contributed by atoms with Gasteiger partial charge in [-0.25, -0.2) is 13.2 Å². The van der Waals surface area contributed by atoms with Crippen LogP contribution in [0.2, 0.25) is 0 Å². The van der Waals surface area contributed by atoms with Crippen molar-refractivity contribution in [3.8, 4) is 5.75 Å². The van der Waals surface area contributed by atoms with Gasteiger partial charge in [-0.3, -0.25) is 4.79 Å². The minimum Gasteiger partial charge on any atom is -0.496 e. The number of methoxy groups -OCH3 is 1. The van der Waals surface area contributed by atoms with Gasteiger partial charge >= 0.3 is 5.97 Å². The Labute approximate surface area is 170 Å².